The lowest BCUT2D eigenvalue weighted by Crippen LogP contribution is -2.24. The fraction of sp³-hybridized carbons (Fsp3) is 0. The van der Waals surface area contributed by atoms with Crippen molar-refractivity contribution < 1.29 is 19.8 Å². The summed E-state index contributed by atoms with van der Waals surface area (Å²) in [5.74, 6) is -2.27. The molecule has 1 aromatic heterocycles. The molecule has 0 unspecified atom stereocenters. The van der Waals surface area contributed by atoms with Crippen LogP contribution in [0.5, 0.6) is 0 Å². The van der Waals surface area contributed by atoms with Gasteiger partial charge in [-0.3, -0.25) is 9.78 Å². The van der Waals surface area contributed by atoms with Gasteiger partial charge < -0.3 is 20.9 Å². The van der Waals surface area contributed by atoms with Gasteiger partial charge >= 0.3 is 17.6 Å². The quantitative estimate of drug-likeness (QED) is 0.475. The average Bonchev–Trinajstić information content (AvgIpc) is 2.38. The highest BCUT2D eigenvalue weighted by Crippen LogP contribution is 2.04. The van der Waals surface area contributed by atoms with Crippen molar-refractivity contribution in [1.29, 1.82) is 0 Å². The number of nitrogens with one attached hydrogen (secondary N) is 2. The van der Waals surface area contributed by atoms with Gasteiger partial charge in [-0.15, -0.1) is 0 Å². The van der Waals surface area contributed by atoms with E-state index in [1.54, 1.807) is 12.1 Å². The van der Waals surface area contributed by atoms with Gasteiger partial charge in [0.25, 0.3) is 5.56 Å². The second-order valence-corrected chi connectivity index (χ2v) is 3.73. The van der Waals surface area contributed by atoms with Gasteiger partial charge in [-0.2, -0.15) is 0 Å². The summed E-state index contributed by atoms with van der Waals surface area (Å²) in [7, 11) is 0. The number of carbonyl (C=O) groups is 2. The molecule has 0 aliphatic carbocycles. The number of benzene rings is 1. The summed E-state index contributed by atoms with van der Waals surface area (Å²) in [6.45, 7) is 0. The van der Waals surface area contributed by atoms with Crippen molar-refractivity contribution in [3.8, 4) is 0 Å². The Morgan fingerprint density at radius 3 is 1.95 bits per heavy atom. The number of aromatic carboxylic acids is 2. The van der Waals surface area contributed by atoms with Gasteiger partial charge in [0.2, 0.25) is 0 Å². The van der Waals surface area contributed by atoms with Crippen LogP contribution in [0.3, 0.4) is 0 Å². The second kappa shape index (κ2) is 6.70. The highest BCUT2D eigenvalue weighted by Gasteiger charge is 2.03. The van der Waals surface area contributed by atoms with Crippen molar-refractivity contribution in [1.82, 2.24) is 9.97 Å². The molecule has 0 fully saturated rings. The molecule has 9 heteroatoms. The molecule has 0 saturated heterocycles. The zero-order valence-corrected chi connectivity index (χ0v) is 10.5. The van der Waals surface area contributed by atoms with Crippen LogP contribution in [0.25, 0.3) is 0 Å². The summed E-state index contributed by atoms with van der Waals surface area (Å²) in [4.78, 5) is 45.1. The minimum absolute atomic E-state index is 0.259. The van der Waals surface area contributed by atoms with Gasteiger partial charge in [-0.05, 0) is 24.3 Å². The van der Waals surface area contributed by atoms with Crippen LogP contribution in [0.1, 0.15) is 20.8 Å². The van der Waals surface area contributed by atoms with Gasteiger partial charge in [0.1, 0.15) is 5.69 Å². The SMILES string of the molecule is Nc1ccc(C(=O)O)cc1.O=C(O)c1cc(=O)[nH]c(=O)[nH]1. The first kappa shape index (κ1) is 15.7. The molecule has 0 aliphatic heterocycles. The molecule has 0 radical (unpaired) electrons. The highest BCUT2D eigenvalue weighted by atomic mass is 16.4. The summed E-state index contributed by atoms with van der Waals surface area (Å²) in [6.07, 6.45) is 0. The average molecular weight is 293 g/mol. The third kappa shape index (κ3) is 5.03. The van der Waals surface area contributed by atoms with E-state index < -0.39 is 28.9 Å². The summed E-state index contributed by atoms with van der Waals surface area (Å²) in [5, 5.41) is 16.7. The number of carboxylic acid groups (broad SMARTS) is 2. The Bertz CT molecular complexity index is 731. The molecule has 0 aliphatic rings. The molecule has 0 spiro atoms. The molecule has 21 heavy (non-hydrogen) atoms. The Morgan fingerprint density at radius 1 is 0.952 bits per heavy atom. The van der Waals surface area contributed by atoms with Gasteiger partial charge in [-0.25, -0.2) is 14.4 Å². The molecule has 6 N–H and O–H groups in total. The topological polar surface area (TPSA) is 166 Å². The molecule has 110 valence electrons. The standard InChI is InChI=1S/C7H7NO2.C5H4N2O4/c8-6-3-1-5(2-4-6)7(9)10;8-3-1-2(4(9)10)6-5(11)7-3/h1-4H,8H2,(H,9,10);1H,(H,9,10)(H2,6,7,8,11). The van der Waals surface area contributed by atoms with E-state index in [0.29, 0.717) is 5.69 Å². The summed E-state index contributed by atoms with van der Waals surface area (Å²) < 4.78 is 0. The first-order valence-corrected chi connectivity index (χ1v) is 5.45. The molecule has 1 heterocycles. The molecule has 1 aromatic carbocycles. The van der Waals surface area contributed by atoms with Gasteiger partial charge in [0, 0.05) is 11.8 Å². The monoisotopic (exact) mass is 293 g/mol. The molecule has 0 amide bonds. The third-order valence-corrected chi connectivity index (χ3v) is 2.15. The number of aromatic nitrogens is 2. The van der Waals surface area contributed by atoms with E-state index in [-0.39, 0.29) is 5.56 Å². The Balaban J connectivity index is 0.000000211. The summed E-state index contributed by atoms with van der Waals surface area (Å²) >= 11 is 0. The van der Waals surface area contributed by atoms with Crippen molar-refractivity contribution in [2.75, 3.05) is 5.73 Å². The third-order valence-electron chi connectivity index (χ3n) is 2.15. The minimum Gasteiger partial charge on any atom is -0.478 e. The maximum atomic E-state index is 10.5. The van der Waals surface area contributed by atoms with E-state index in [0.717, 1.165) is 6.07 Å². The molecular weight excluding hydrogens is 282 g/mol. The van der Waals surface area contributed by atoms with Crippen molar-refractivity contribution >= 4 is 17.6 Å². The summed E-state index contributed by atoms with van der Waals surface area (Å²) in [6, 6.07) is 6.85. The number of hydrogen-bond acceptors (Lipinski definition) is 5. The normalized spacial score (nSPS) is 9.33. The number of rotatable bonds is 2. The van der Waals surface area contributed by atoms with E-state index in [1.807, 2.05) is 9.97 Å². The van der Waals surface area contributed by atoms with E-state index in [1.165, 1.54) is 12.1 Å². The highest BCUT2D eigenvalue weighted by molar-refractivity contribution is 5.87. The number of nitrogen functional groups attached to an aromatic ring is 1. The van der Waals surface area contributed by atoms with Crippen molar-refractivity contribution in [2.24, 2.45) is 0 Å². The zero-order chi connectivity index (χ0) is 16.0. The van der Waals surface area contributed by atoms with Gasteiger partial charge in [-0.1, -0.05) is 0 Å². The fourth-order valence-electron chi connectivity index (χ4n) is 1.21. The first-order valence-electron chi connectivity index (χ1n) is 5.45. The van der Waals surface area contributed by atoms with Crippen LogP contribution in [0.4, 0.5) is 5.69 Å². The fourth-order valence-corrected chi connectivity index (χ4v) is 1.21. The van der Waals surface area contributed by atoms with Crippen LogP contribution < -0.4 is 17.0 Å². The molecule has 0 saturated carbocycles. The lowest BCUT2D eigenvalue weighted by Gasteiger charge is -1.93. The Morgan fingerprint density at radius 2 is 1.52 bits per heavy atom. The molecule has 0 bridgehead atoms. The maximum Gasteiger partial charge on any atom is 0.352 e. The first-order chi connectivity index (χ1) is 9.79. The number of carboxylic acids is 2. The minimum atomic E-state index is -1.34. The van der Waals surface area contributed by atoms with Crippen molar-refractivity contribution in [3.05, 3.63) is 62.4 Å². The lowest BCUT2D eigenvalue weighted by molar-refractivity contribution is 0.0682. The number of aromatic amines is 2. The number of H-pyrrole nitrogens is 2. The summed E-state index contributed by atoms with van der Waals surface area (Å²) in [5.41, 5.74) is 4.19. The Hall–Kier alpha value is -3.36. The second-order valence-electron chi connectivity index (χ2n) is 3.73. The molecule has 0 atom stereocenters. The van der Waals surface area contributed by atoms with Crippen LogP contribution in [-0.2, 0) is 0 Å². The van der Waals surface area contributed by atoms with Crippen LogP contribution in [0.2, 0.25) is 0 Å². The van der Waals surface area contributed by atoms with E-state index >= 15 is 0 Å². The van der Waals surface area contributed by atoms with Gasteiger partial charge in [0.05, 0.1) is 5.56 Å². The van der Waals surface area contributed by atoms with E-state index in [4.69, 9.17) is 15.9 Å². The smallest absolute Gasteiger partial charge is 0.352 e. The van der Waals surface area contributed by atoms with Crippen molar-refractivity contribution in [2.45, 2.75) is 0 Å². The zero-order valence-electron chi connectivity index (χ0n) is 10.5. The van der Waals surface area contributed by atoms with Crippen molar-refractivity contribution in [3.63, 3.8) is 0 Å². The molecular formula is C12H11N3O6. The van der Waals surface area contributed by atoms with Crippen LogP contribution >= 0.6 is 0 Å². The number of anilines is 1. The van der Waals surface area contributed by atoms with E-state index in [9.17, 15) is 19.2 Å². The van der Waals surface area contributed by atoms with Crippen LogP contribution in [0.15, 0.2) is 39.9 Å². The largest absolute Gasteiger partial charge is 0.478 e. The number of nitrogens with two attached hydrogens (primary N) is 1. The Kier molecular flexibility index (Phi) is 5.01. The molecule has 9 nitrogen and oxygen atoms in total. The molecule has 2 aromatic rings. The predicted octanol–water partition coefficient (Wildman–Crippen LogP) is -0.272. The Labute approximate surface area is 116 Å². The van der Waals surface area contributed by atoms with E-state index in [2.05, 4.69) is 0 Å². The lowest BCUT2D eigenvalue weighted by atomic mass is 10.2. The predicted molar refractivity (Wildman–Crippen MR) is 72.5 cm³/mol. The number of hydrogen-bond donors (Lipinski definition) is 5. The van der Waals surface area contributed by atoms with Crippen LogP contribution in [0, 0.1) is 0 Å². The van der Waals surface area contributed by atoms with Crippen LogP contribution in [-0.4, -0.2) is 32.1 Å². The molecule has 2 rings (SSSR count). The maximum absolute atomic E-state index is 10.5. The van der Waals surface area contributed by atoms with Gasteiger partial charge in [0.15, 0.2) is 0 Å².